The molecule has 1 aliphatic carbocycles. The van der Waals surface area contributed by atoms with E-state index in [0.29, 0.717) is 12.8 Å². The van der Waals surface area contributed by atoms with Crippen molar-refractivity contribution in [2.45, 2.75) is 46.1 Å². The molecule has 4 heteroatoms. The van der Waals surface area contributed by atoms with Crippen LogP contribution in [0, 0.1) is 21.4 Å². The summed E-state index contributed by atoms with van der Waals surface area (Å²) >= 11 is 0. The van der Waals surface area contributed by atoms with Crippen LogP contribution in [0.4, 0.5) is 0 Å². The van der Waals surface area contributed by atoms with Crippen LogP contribution in [0.5, 0.6) is 0 Å². The molecule has 4 nitrogen and oxygen atoms in total. The molecule has 0 amide bonds. The molecule has 0 spiro atoms. The van der Waals surface area contributed by atoms with Gasteiger partial charge in [0.25, 0.3) is 6.04 Å². The summed E-state index contributed by atoms with van der Waals surface area (Å²) in [5.74, 6) is 0.0890. The Morgan fingerprint density at radius 1 is 1.43 bits per heavy atom. The number of Topliss-reactive ketones (excluding diaryl/α,β-unsaturated/α-hetero) is 1. The molecule has 0 N–H and O–H groups in total. The lowest BCUT2D eigenvalue weighted by molar-refractivity contribution is -0.511. The highest BCUT2D eigenvalue weighted by atomic mass is 16.6. The van der Waals surface area contributed by atoms with Crippen LogP contribution in [0.15, 0.2) is 0 Å². The molecule has 1 fully saturated rings. The summed E-state index contributed by atoms with van der Waals surface area (Å²) in [4.78, 5) is 21.5. The first-order chi connectivity index (χ1) is 6.32. The number of rotatable bonds is 1. The topological polar surface area (TPSA) is 60.2 Å². The highest BCUT2D eigenvalue weighted by Gasteiger charge is 2.40. The average Bonchev–Trinajstić information content (AvgIpc) is 2.02. The van der Waals surface area contributed by atoms with Gasteiger partial charge in [-0.2, -0.15) is 0 Å². The number of nitrogens with zero attached hydrogens (tertiary/aromatic N) is 1. The molecule has 80 valence electrons. The van der Waals surface area contributed by atoms with Crippen LogP contribution in [-0.4, -0.2) is 16.7 Å². The third-order valence-corrected chi connectivity index (χ3v) is 3.10. The zero-order chi connectivity index (χ0) is 10.9. The van der Waals surface area contributed by atoms with Gasteiger partial charge in [0.15, 0.2) is 0 Å². The number of nitro groups is 1. The molecule has 0 bridgehead atoms. The van der Waals surface area contributed by atoms with Gasteiger partial charge in [0.1, 0.15) is 0 Å². The molecule has 0 aliphatic heterocycles. The molecule has 1 saturated carbocycles. The summed E-state index contributed by atoms with van der Waals surface area (Å²) < 4.78 is 0. The summed E-state index contributed by atoms with van der Waals surface area (Å²) in [6.45, 7) is 6.22. The standard InChI is InChI=1S/C10H17NO3/c1-10(2,3)7-4-5-9(12)8(6-7)11(13)14/h7-8H,4-6H2,1-3H3/t7-,8-/m1/s1. The van der Waals surface area contributed by atoms with Crippen molar-refractivity contribution in [3.63, 3.8) is 0 Å². The normalized spacial score (nSPS) is 28.9. The Morgan fingerprint density at radius 3 is 2.43 bits per heavy atom. The molecule has 0 unspecified atom stereocenters. The summed E-state index contributed by atoms with van der Waals surface area (Å²) in [5.41, 5.74) is 0.0644. The average molecular weight is 199 g/mol. The van der Waals surface area contributed by atoms with Crippen molar-refractivity contribution in [2.24, 2.45) is 11.3 Å². The minimum absolute atomic E-state index is 0.0644. The quantitative estimate of drug-likeness (QED) is 0.479. The Morgan fingerprint density at radius 2 is 2.00 bits per heavy atom. The van der Waals surface area contributed by atoms with E-state index in [2.05, 4.69) is 20.8 Å². The van der Waals surface area contributed by atoms with Gasteiger partial charge >= 0.3 is 0 Å². The van der Waals surface area contributed by atoms with E-state index < -0.39 is 11.0 Å². The van der Waals surface area contributed by atoms with Crippen LogP contribution >= 0.6 is 0 Å². The molecule has 2 atom stereocenters. The molecule has 0 aromatic carbocycles. The molecule has 1 rings (SSSR count). The van der Waals surface area contributed by atoms with Crippen molar-refractivity contribution in [3.05, 3.63) is 10.1 Å². The van der Waals surface area contributed by atoms with E-state index in [-0.39, 0.29) is 17.1 Å². The van der Waals surface area contributed by atoms with Gasteiger partial charge in [0.2, 0.25) is 5.78 Å². The largest absolute Gasteiger partial charge is 0.292 e. The van der Waals surface area contributed by atoms with Gasteiger partial charge in [-0.05, 0) is 17.8 Å². The van der Waals surface area contributed by atoms with E-state index in [1.54, 1.807) is 0 Å². The van der Waals surface area contributed by atoms with Crippen molar-refractivity contribution in [1.82, 2.24) is 0 Å². The van der Waals surface area contributed by atoms with Crippen molar-refractivity contribution < 1.29 is 9.72 Å². The SMILES string of the molecule is CC(C)(C)[C@@H]1CCC(=O)[C@H]([N+](=O)[O-])C1. The maximum absolute atomic E-state index is 11.3. The Bertz CT molecular complexity index is 255. The molecule has 0 heterocycles. The highest BCUT2D eigenvalue weighted by Crippen LogP contribution is 2.37. The Labute approximate surface area is 83.8 Å². The zero-order valence-corrected chi connectivity index (χ0v) is 8.95. The predicted octanol–water partition coefficient (Wildman–Crippen LogP) is 2.05. The van der Waals surface area contributed by atoms with Crippen LogP contribution in [0.3, 0.4) is 0 Å². The third kappa shape index (κ3) is 2.30. The van der Waals surface area contributed by atoms with Crippen LogP contribution in [0.25, 0.3) is 0 Å². The van der Waals surface area contributed by atoms with Gasteiger partial charge in [-0.3, -0.25) is 14.9 Å². The molecule has 0 aromatic rings. The lowest BCUT2D eigenvalue weighted by Gasteiger charge is -2.33. The second-order valence-corrected chi connectivity index (χ2v) is 5.10. The fourth-order valence-corrected chi connectivity index (χ4v) is 1.99. The van der Waals surface area contributed by atoms with Gasteiger partial charge in [-0.1, -0.05) is 20.8 Å². The van der Waals surface area contributed by atoms with Crippen LogP contribution in [-0.2, 0) is 4.79 Å². The summed E-state index contributed by atoms with van der Waals surface area (Å²) in [6, 6.07) is -0.951. The molecule has 1 aliphatic rings. The Kier molecular flexibility index (Phi) is 2.92. The van der Waals surface area contributed by atoms with Gasteiger partial charge in [0, 0.05) is 17.8 Å². The van der Waals surface area contributed by atoms with E-state index in [1.807, 2.05) is 0 Å². The summed E-state index contributed by atoms with van der Waals surface area (Å²) in [6.07, 6.45) is 1.58. The minimum atomic E-state index is -0.951. The molecular weight excluding hydrogens is 182 g/mol. The number of carbonyl (C=O) groups excluding carboxylic acids is 1. The lowest BCUT2D eigenvalue weighted by atomic mass is 9.71. The van der Waals surface area contributed by atoms with Crippen molar-refractivity contribution >= 4 is 5.78 Å². The first-order valence-corrected chi connectivity index (χ1v) is 4.98. The van der Waals surface area contributed by atoms with Gasteiger partial charge in [-0.15, -0.1) is 0 Å². The summed E-state index contributed by atoms with van der Waals surface area (Å²) in [7, 11) is 0. The first-order valence-electron chi connectivity index (χ1n) is 4.98. The van der Waals surface area contributed by atoms with Crippen LogP contribution < -0.4 is 0 Å². The van der Waals surface area contributed by atoms with E-state index in [9.17, 15) is 14.9 Å². The van der Waals surface area contributed by atoms with E-state index in [0.717, 1.165) is 6.42 Å². The highest BCUT2D eigenvalue weighted by molar-refractivity contribution is 5.83. The number of ketones is 1. The monoisotopic (exact) mass is 199 g/mol. The van der Waals surface area contributed by atoms with Crippen LogP contribution in [0.1, 0.15) is 40.0 Å². The van der Waals surface area contributed by atoms with Gasteiger partial charge in [-0.25, -0.2) is 0 Å². The van der Waals surface area contributed by atoms with Crippen LogP contribution in [0.2, 0.25) is 0 Å². The fraction of sp³-hybridized carbons (Fsp3) is 0.900. The minimum Gasteiger partial charge on any atom is -0.292 e. The smallest absolute Gasteiger partial charge is 0.270 e. The maximum Gasteiger partial charge on any atom is 0.270 e. The van der Waals surface area contributed by atoms with Gasteiger partial charge < -0.3 is 0 Å². The number of hydrogen-bond donors (Lipinski definition) is 0. The zero-order valence-electron chi connectivity index (χ0n) is 8.95. The number of hydrogen-bond acceptors (Lipinski definition) is 3. The first kappa shape index (κ1) is 11.1. The van der Waals surface area contributed by atoms with Crippen molar-refractivity contribution in [3.8, 4) is 0 Å². The third-order valence-electron chi connectivity index (χ3n) is 3.10. The van der Waals surface area contributed by atoms with Crippen molar-refractivity contribution in [2.75, 3.05) is 0 Å². The maximum atomic E-state index is 11.3. The molecule has 0 aromatic heterocycles. The second kappa shape index (κ2) is 3.67. The molecular formula is C10H17NO3. The van der Waals surface area contributed by atoms with E-state index >= 15 is 0 Å². The predicted molar refractivity (Wildman–Crippen MR) is 52.6 cm³/mol. The fourth-order valence-electron chi connectivity index (χ4n) is 1.99. The Balaban J connectivity index is 2.72. The Hall–Kier alpha value is -0.930. The van der Waals surface area contributed by atoms with Gasteiger partial charge in [0.05, 0.1) is 0 Å². The molecule has 14 heavy (non-hydrogen) atoms. The number of carbonyl (C=O) groups is 1. The molecule has 0 saturated heterocycles. The summed E-state index contributed by atoms with van der Waals surface area (Å²) in [5, 5.41) is 10.6. The molecule has 0 radical (unpaired) electrons. The van der Waals surface area contributed by atoms with E-state index in [1.165, 1.54) is 0 Å². The van der Waals surface area contributed by atoms with Crippen molar-refractivity contribution in [1.29, 1.82) is 0 Å². The van der Waals surface area contributed by atoms with E-state index in [4.69, 9.17) is 0 Å². The lowest BCUT2D eigenvalue weighted by Crippen LogP contribution is -2.39. The second-order valence-electron chi connectivity index (χ2n) is 5.10.